The summed E-state index contributed by atoms with van der Waals surface area (Å²) in [5.74, 6) is -2.33. The molecule has 0 spiro atoms. The lowest BCUT2D eigenvalue weighted by atomic mass is 10.0. The molecule has 0 aromatic heterocycles. The van der Waals surface area contributed by atoms with Gasteiger partial charge in [0, 0.05) is 0 Å². The van der Waals surface area contributed by atoms with Gasteiger partial charge in [0.05, 0.1) is 23.3 Å². The quantitative estimate of drug-likeness (QED) is 0.372. The van der Waals surface area contributed by atoms with Gasteiger partial charge in [-0.3, -0.25) is 4.79 Å². The Morgan fingerprint density at radius 2 is 1.68 bits per heavy atom. The van der Waals surface area contributed by atoms with E-state index in [0.29, 0.717) is 6.42 Å². The van der Waals surface area contributed by atoms with Crippen LogP contribution in [0.15, 0.2) is 18.2 Å². The number of halogens is 6. The van der Waals surface area contributed by atoms with Gasteiger partial charge in [-0.25, -0.2) is 4.79 Å². The maximum Gasteiger partial charge on any atom is 0.417 e. The molecule has 0 radical (unpaired) electrons. The highest BCUT2D eigenvalue weighted by Gasteiger charge is 2.39. The standard InChI is InChI=1S/C18H21F6NO3/c1-3-4-5-6-9-28-16(27)11(2)25-15(26)13-10-12(17(19,20)21)7-8-14(13)18(22,23)24/h7-8,10-11H,3-6,9H2,1-2H3,(H,25,26). The van der Waals surface area contributed by atoms with Crippen molar-refractivity contribution in [2.24, 2.45) is 0 Å². The van der Waals surface area contributed by atoms with Crippen molar-refractivity contribution in [3.05, 3.63) is 34.9 Å². The Kier molecular flexibility index (Phi) is 8.31. The molecule has 10 heteroatoms. The number of unbranched alkanes of at least 4 members (excludes halogenated alkanes) is 3. The third-order valence-corrected chi connectivity index (χ3v) is 3.84. The summed E-state index contributed by atoms with van der Waals surface area (Å²) < 4.78 is 82.4. The van der Waals surface area contributed by atoms with Gasteiger partial charge in [0.2, 0.25) is 0 Å². The summed E-state index contributed by atoms with van der Waals surface area (Å²) >= 11 is 0. The zero-order valence-corrected chi connectivity index (χ0v) is 15.3. The second kappa shape index (κ2) is 9.79. The first-order valence-electron chi connectivity index (χ1n) is 8.63. The molecule has 4 nitrogen and oxygen atoms in total. The van der Waals surface area contributed by atoms with E-state index in [9.17, 15) is 35.9 Å². The lowest BCUT2D eigenvalue weighted by Gasteiger charge is -2.18. The largest absolute Gasteiger partial charge is 0.464 e. The number of esters is 1. The van der Waals surface area contributed by atoms with E-state index in [4.69, 9.17) is 4.74 Å². The van der Waals surface area contributed by atoms with Gasteiger partial charge in [0.15, 0.2) is 0 Å². The van der Waals surface area contributed by atoms with Crippen LogP contribution in [-0.4, -0.2) is 24.5 Å². The van der Waals surface area contributed by atoms with Gasteiger partial charge in [-0.2, -0.15) is 26.3 Å². The minimum Gasteiger partial charge on any atom is -0.464 e. The van der Waals surface area contributed by atoms with E-state index in [-0.39, 0.29) is 24.8 Å². The molecule has 0 fully saturated rings. The molecule has 0 bridgehead atoms. The van der Waals surface area contributed by atoms with Gasteiger partial charge in [0.1, 0.15) is 6.04 Å². The van der Waals surface area contributed by atoms with Crippen LogP contribution in [0, 0.1) is 0 Å². The van der Waals surface area contributed by atoms with Crippen molar-refractivity contribution >= 4 is 11.9 Å². The average molecular weight is 413 g/mol. The molecule has 1 rings (SSSR count). The number of benzene rings is 1. The second-order valence-corrected chi connectivity index (χ2v) is 6.18. The molecule has 0 saturated heterocycles. The Morgan fingerprint density at radius 1 is 1.04 bits per heavy atom. The molecule has 1 aromatic rings. The van der Waals surface area contributed by atoms with Gasteiger partial charge in [-0.1, -0.05) is 26.2 Å². The van der Waals surface area contributed by atoms with E-state index >= 15 is 0 Å². The number of carbonyl (C=O) groups is 2. The summed E-state index contributed by atoms with van der Waals surface area (Å²) in [6.45, 7) is 3.25. The Balaban J connectivity index is 2.90. The summed E-state index contributed by atoms with van der Waals surface area (Å²) in [6.07, 6.45) is -6.64. The molecule has 1 N–H and O–H groups in total. The van der Waals surface area contributed by atoms with Crippen LogP contribution in [-0.2, 0) is 21.9 Å². The number of ether oxygens (including phenoxy) is 1. The van der Waals surface area contributed by atoms with Gasteiger partial charge in [-0.05, 0) is 31.5 Å². The fourth-order valence-electron chi connectivity index (χ4n) is 2.32. The first kappa shape index (κ1) is 23.8. The van der Waals surface area contributed by atoms with Crippen molar-refractivity contribution in [3.63, 3.8) is 0 Å². The van der Waals surface area contributed by atoms with Crippen LogP contribution in [0.1, 0.15) is 61.0 Å². The highest BCUT2D eigenvalue weighted by Crippen LogP contribution is 2.36. The molecule has 1 amide bonds. The van der Waals surface area contributed by atoms with Gasteiger partial charge < -0.3 is 10.1 Å². The Bertz CT molecular complexity index is 685. The molecular weight excluding hydrogens is 392 g/mol. The van der Waals surface area contributed by atoms with E-state index in [2.05, 4.69) is 0 Å². The molecule has 1 unspecified atom stereocenters. The number of nitrogens with one attached hydrogen (secondary N) is 1. The predicted octanol–water partition coefficient (Wildman–Crippen LogP) is 4.97. The van der Waals surface area contributed by atoms with Crippen molar-refractivity contribution in [3.8, 4) is 0 Å². The van der Waals surface area contributed by atoms with E-state index < -0.39 is 47.0 Å². The molecule has 0 saturated carbocycles. The first-order valence-corrected chi connectivity index (χ1v) is 8.63. The molecule has 0 aliphatic rings. The van der Waals surface area contributed by atoms with Crippen LogP contribution in [0.25, 0.3) is 0 Å². The van der Waals surface area contributed by atoms with E-state index in [1.165, 1.54) is 6.92 Å². The van der Waals surface area contributed by atoms with Crippen molar-refractivity contribution in [2.75, 3.05) is 6.61 Å². The number of rotatable bonds is 8. The zero-order chi connectivity index (χ0) is 21.5. The maximum absolute atomic E-state index is 13.0. The SMILES string of the molecule is CCCCCCOC(=O)C(C)NC(=O)c1cc(C(F)(F)F)ccc1C(F)(F)F. The third-order valence-electron chi connectivity index (χ3n) is 3.84. The van der Waals surface area contributed by atoms with Crippen LogP contribution in [0.4, 0.5) is 26.3 Å². The predicted molar refractivity (Wildman–Crippen MR) is 88.5 cm³/mol. The smallest absolute Gasteiger partial charge is 0.417 e. The molecule has 1 atom stereocenters. The maximum atomic E-state index is 13.0. The lowest BCUT2D eigenvalue weighted by Crippen LogP contribution is -2.40. The minimum absolute atomic E-state index is 0.0798. The van der Waals surface area contributed by atoms with Crippen molar-refractivity contribution in [1.29, 1.82) is 0 Å². The van der Waals surface area contributed by atoms with E-state index in [1.807, 2.05) is 12.2 Å². The molecular formula is C18H21F6NO3. The Morgan fingerprint density at radius 3 is 2.21 bits per heavy atom. The van der Waals surface area contributed by atoms with Crippen molar-refractivity contribution < 1.29 is 40.7 Å². The minimum atomic E-state index is -5.04. The van der Waals surface area contributed by atoms with Crippen molar-refractivity contribution in [2.45, 2.75) is 57.9 Å². The summed E-state index contributed by atoms with van der Waals surface area (Å²) in [5.41, 5.74) is -4.15. The van der Waals surface area contributed by atoms with Crippen LogP contribution in [0.5, 0.6) is 0 Å². The van der Waals surface area contributed by atoms with Crippen LogP contribution in [0.3, 0.4) is 0 Å². The fourth-order valence-corrected chi connectivity index (χ4v) is 2.32. The molecule has 0 heterocycles. The normalized spacial score (nSPS) is 13.1. The molecule has 0 aliphatic carbocycles. The number of carbonyl (C=O) groups excluding carboxylic acids is 2. The van der Waals surface area contributed by atoms with Crippen LogP contribution >= 0.6 is 0 Å². The summed E-state index contributed by atoms with van der Waals surface area (Å²) in [5, 5.41) is 1.96. The van der Waals surface area contributed by atoms with Crippen LogP contribution < -0.4 is 5.32 Å². The van der Waals surface area contributed by atoms with Gasteiger partial charge in [0.25, 0.3) is 5.91 Å². The number of amides is 1. The zero-order valence-electron chi connectivity index (χ0n) is 15.3. The highest BCUT2D eigenvalue weighted by molar-refractivity contribution is 5.98. The third kappa shape index (κ3) is 7.05. The highest BCUT2D eigenvalue weighted by atomic mass is 19.4. The molecule has 1 aromatic carbocycles. The fraction of sp³-hybridized carbons (Fsp3) is 0.556. The topological polar surface area (TPSA) is 55.4 Å². The number of alkyl halides is 6. The van der Waals surface area contributed by atoms with Crippen molar-refractivity contribution in [1.82, 2.24) is 5.32 Å². The van der Waals surface area contributed by atoms with Gasteiger partial charge >= 0.3 is 18.3 Å². The lowest BCUT2D eigenvalue weighted by molar-refractivity contribution is -0.145. The number of hydrogen-bond donors (Lipinski definition) is 1. The summed E-state index contributed by atoms with van der Waals surface area (Å²) in [7, 11) is 0. The van der Waals surface area contributed by atoms with E-state index in [1.54, 1.807) is 0 Å². The average Bonchev–Trinajstić information content (AvgIpc) is 2.59. The van der Waals surface area contributed by atoms with Crippen LogP contribution in [0.2, 0.25) is 0 Å². The van der Waals surface area contributed by atoms with E-state index in [0.717, 1.165) is 19.3 Å². The Hall–Kier alpha value is -2.26. The summed E-state index contributed by atoms with van der Waals surface area (Å²) in [6, 6.07) is -0.780. The second-order valence-electron chi connectivity index (χ2n) is 6.18. The monoisotopic (exact) mass is 413 g/mol. The molecule has 28 heavy (non-hydrogen) atoms. The molecule has 158 valence electrons. The summed E-state index contributed by atoms with van der Waals surface area (Å²) in [4.78, 5) is 23.9. The number of hydrogen-bond acceptors (Lipinski definition) is 3. The van der Waals surface area contributed by atoms with Gasteiger partial charge in [-0.15, -0.1) is 0 Å². The first-order chi connectivity index (χ1) is 12.9. The molecule has 0 aliphatic heterocycles. The Labute approximate surface area is 158 Å².